The Morgan fingerprint density at radius 2 is 2.14 bits per heavy atom. The first-order valence-corrected chi connectivity index (χ1v) is 12.2. The fourth-order valence-corrected chi connectivity index (χ4v) is 4.54. The van der Waals surface area contributed by atoms with Crippen LogP contribution in [-0.4, -0.2) is 55.3 Å². The van der Waals surface area contributed by atoms with Gasteiger partial charge in [-0.05, 0) is 57.3 Å². The molecular formula is C24H34FN5O5. The highest BCUT2D eigenvalue weighted by atomic mass is 19.1. The topological polar surface area (TPSA) is 132 Å². The Balaban J connectivity index is 1.43. The molecule has 0 saturated heterocycles. The van der Waals surface area contributed by atoms with Crippen molar-refractivity contribution in [3.05, 3.63) is 23.3 Å². The average molecular weight is 492 g/mol. The first-order chi connectivity index (χ1) is 16.7. The zero-order chi connectivity index (χ0) is 25.2. The zero-order valence-electron chi connectivity index (χ0n) is 20.5. The van der Waals surface area contributed by atoms with Gasteiger partial charge in [0.15, 0.2) is 5.82 Å². The van der Waals surface area contributed by atoms with Crippen molar-refractivity contribution < 1.29 is 28.9 Å². The van der Waals surface area contributed by atoms with Gasteiger partial charge in [0.05, 0.1) is 30.0 Å². The third-order valence-corrected chi connectivity index (χ3v) is 7.25. The Kier molecular flexibility index (Phi) is 7.67. The van der Waals surface area contributed by atoms with Crippen molar-refractivity contribution in [2.75, 3.05) is 6.61 Å². The number of aromatic nitrogens is 4. The Morgan fingerprint density at radius 3 is 2.83 bits per heavy atom. The fourth-order valence-electron chi connectivity index (χ4n) is 4.54. The highest BCUT2D eigenvalue weighted by molar-refractivity contribution is 5.70. The molecule has 0 radical (unpaired) electrons. The molecule has 0 spiro atoms. The molecule has 35 heavy (non-hydrogen) atoms. The fraction of sp³-hybridized carbons (Fsp3) is 0.667. The standard InChI is InChI=1S/C24H34FN5O5/c1-4-24(8-9-24)13-34-23(33)26-12-18-21(28-29-30(18)3)20-17(25)11-19(14(2)27-20)35-16-7-5-6-15(10-16)22(31)32/h11,15-16,23,26,33H,4-10,12-13H2,1-3H3,(H,31,32)/t15-,16-,23?/m0/s1. The van der Waals surface area contributed by atoms with E-state index in [0.29, 0.717) is 36.6 Å². The molecule has 2 aliphatic rings. The van der Waals surface area contributed by atoms with Crippen LogP contribution in [0, 0.1) is 24.1 Å². The highest BCUT2D eigenvalue weighted by Gasteiger charge is 2.41. The van der Waals surface area contributed by atoms with Crippen LogP contribution in [0.2, 0.25) is 0 Å². The van der Waals surface area contributed by atoms with Crippen LogP contribution >= 0.6 is 0 Å². The summed E-state index contributed by atoms with van der Waals surface area (Å²) in [5.41, 5.74) is 1.49. The SMILES string of the molecule is CCC1(COC(O)NCc2c(-c3nc(C)c(O[C@H]4CCC[C@H](C(=O)O)C4)cc3F)nnn2C)CC1. The number of nitrogens with zero attached hydrogens (tertiary/aromatic N) is 4. The summed E-state index contributed by atoms with van der Waals surface area (Å²) < 4.78 is 28.2. The van der Waals surface area contributed by atoms with Crippen molar-refractivity contribution >= 4 is 5.97 Å². The van der Waals surface area contributed by atoms with Crippen LogP contribution < -0.4 is 10.1 Å². The summed E-state index contributed by atoms with van der Waals surface area (Å²) in [6.45, 7) is 4.46. The lowest BCUT2D eigenvalue weighted by Crippen LogP contribution is -2.33. The van der Waals surface area contributed by atoms with Gasteiger partial charge in [-0.3, -0.25) is 14.8 Å². The number of aliphatic hydroxyl groups is 1. The normalized spacial score (nSPS) is 22.1. The summed E-state index contributed by atoms with van der Waals surface area (Å²) in [7, 11) is 1.68. The number of carbonyl (C=O) groups is 1. The molecule has 2 heterocycles. The number of hydrogen-bond donors (Lipinski definition) is 3. The molecule has 0 bridgehead atoms. The van der Waals surface area contributed by atoms with E-state index in [9.17, 15) is 15.0 Å². The van der Waals surface area contributed by atoms with Crippen LogP contribution in [0.1, 0.15) is 63.3 Å². The Morgan fingerprint density at radius 1 is 1.37 bits per heavy atom. The number of halogens is 1. The van der Waals surface area contributed by atoms with Gasteiger partial charge < -0.3 is 19.7 Å². The Hall–Kier alpha value is -2.63. The van der Waals surface area contributed by atoms with Gasteiger partial charge in [-0.25, -0.2) is 9.37 Å². The van der Waals surface area contributed by atoms with Gasteiger partial charge in [0.25, 0.3) is 0 Å². The second-order valence-electron chi connectivity index (χ2n) is 9.75. The summed E-state index contributed by atoms with van der Waals surface area (Å²) in [5.74, 6) is -1.60. The van der Waals surface area contributed by atoms with Crippen molar-refractivity contribution in [3.63, 3.8) is 0 Å². The summed E-state index contributed by atoms with van der Waals surface area (Å²) >= 11 is 0. The van der Waals surface area contributed by atoms with Crippen LogP contribution in [0.3, 0.4) is 0 Å². The molecule has 3 atom stereocenters. The minimum atomic E-state index is -1.16. The number of aliphatic hydroxyl groups excluding tert-OH is 1. The molecule has 1 unspecified atom stereocenters. The predicted molar refractivity (Wildman–Crippen MR) is 124 cm³/mol. The molecule has 2 aromatic heterocycles. The van der Waals surface area contributed by atoms with Gasteiger partial charge in [-0.2, -0.15) is 0 Å². The largest absolute Gasteiger partial charge is 0.488 e. The van der Waals surface area contributed by atoms with E-state index in [0.717, 1.165) is 32.1 Å². The van der Waals surface area contributed by atoms with E-state index in [4.69, 9.17) is 9.47 Å². The van der Waals surface area contributed by atoms with Crippen LogP contribution in [0.25, 0.3) is 11.4 Å². The molecule has 10 nitrogen and oxygen atoms in total. The second-order valence-corrected chi connectivity index (χ2v) is 9.75. The highest BCUT2D eigenvalue weighted by Crippen LogP contribution is 2.48. The third-order valence-electron chi connectivity index (χ3n) is 7.25. The summed E-state index contributed by atoms with van der Waals surface area (Å²) in [6.07, 6.45) is 4.26. The van der Waals surface area contributed by atoms with Crippen LogP contribution in [0.4, 0.5) is 4.39 Å². The first kappa shape index (κ1) is 25.5. The quantitative estimate of drug-likeness (QED) is 0.406. The minimum Gasteiger partial charge on any atom is -0.488 e. The predicted octanol–water partition coefficient (Wildman–Crippen LogP) is 2.92. The summed E-state index contributed by atoms with van der Waals surface area (Å²) in [6, 6.07) is 1.27. The molecule has 0 aliphatic heterocycles. The lowest BCUT2D eigenvalue weighted by molar-refractivity contribution is -0.143. The number of rotatable bonds is 11. The number of aliphatic carboxylic acids is 1. The maximum absolute atomic E-state index is 15.2. The van der Waals surface area contributed by atoms with Crippen LogP contribution in [-0.2, 0) is 23.1 Å². The third kappa shape index (κ3) is 5.96. The molecule has 192 valence electrons. The van der Waals surface area contributed by atoms with Crippen molar-refractivity contribution in [2.24, 2.45) is 18.4 Å². The van der Waals surface area contributed by atoms with E-state index in [-0.39, 0.29) is 29.5 Å². The van der Waals surface area contributed by atoms with Crippen molar-refractivity contribution in [2.45, 2.75) is 77.9 Å². The second kappa shape index (κ2) is 10.5. The lowest BCUT2D eigenvalue weighted by Gasteiger charge is -2.27. The van der Waals surface area contributed by atoms with Gasteiger partial charge in [-0.1, -0.05) is 12.1 Å². The van der Waals surface area contributed by atoms with E-state index < -0.39 is 24.1 Å². The average Bonchev–Trinajstić information content (AvgIpc) is 3.54. The molecule has 11 heteroatoms. The van der Waals surface area contributed by atoms with Crippen molar-refractivity contribution in [3.8, 4) is 17.1 Å². The van der Waals surface area contributed by atoms with Crippen molar-refractivity contribution in [1.29, 1.82) is 0 Å². The van der Waals surface area contributed by atoms with E-state index in [1.807, 2.05) is 0 Å². The number of carboxylic acid groups (broad SMARTS) is 1. The summed E-state index contributed by atoms with van der Waals surface area (Å²) in [4.78, 5) is 15.7. The molecule has 2 saturated carbocycles. The minimum absolute atomic E-state index is 0.0325. The van der Waals surface area contributed by atoms with Crippen molar-refractivity contribution in [1.82, 2.24) is 25.3 Å². The number of aryl methyl sites for hydroxylation is 2. The number of hydrogen-bond acceptors (Lipinski definition) is 8. The smallest absolute Gasteiger partial charge is 0.306 e. The molecule has 0 aromatic carbocycles. The monoisotopic (exact) mass is 491 g/mol. The number of pyridine rings is 1. The number of carboxylic acids is 1. The zero-order valence-corrected chi connectivity index (χ0v) is 20.5. The summed E-state index contributed by atoms with van der Waals surface area (Å²) in [5, 5.41) is 30.5. The molecule has 4 rings (SSSR count). The Labute approximate surface area is 203 Å². The van der Waals surface area contributed by atoms with E-state index in [2.05, 4.69) is 27.5 Å². The molecular weight excluding hydrogens is 457 g/mol. The number of ether oxygens (including phenoxy) is 2. The number of nitrogens with one attached hydrogen (secondary N) is 1. The molecule has 2 aromatic rings. The van der Waals surface area contributed by atoms with Crippen LogP contribution in [0.5, 0.6) is 5.75 Å². The molecule has 2 fully saturated rings. The maximum Gasteiger partial charge on any atom is 0.306 e. The van der Waals surface area contributed by atoms with Gasteiger partial charge >= 0.3 is 5.97 Å². The van der Waals surface area contributed by atoms with E-state index >= 15 is 4.39 Å². The van der Waals surface area contributed by atoms with Gasteiger partial charge in [0, 0.05) is 19.7 Å². The Bertz CT molecular complexity index is 1060. The molecule has 0 amide bonds. The van der Waals surface area contributed by atoms with E-state index in [1.165, 1.54) is 10.7 Å². The maximum atomic E-state index is 15.2. The first-order valence-electron chi connectivity index (χ1n) is 12.2. The molecule has 2 aliphatic carbocycles. The van der Waals surface area contributed by atoms with Gasteiger partial charge in [0.2, 0.25) is 6.41 Å². The van der Waals surface area contributed by atoms with Gasteiger partial charge in [-0.15, -0.1) is 5.10 Å². The lowest BCUT2D eigenvalue weighted by atomic mass is 9.87. The molecule has 3 N–H and O–H groups in total. The van der Waals surface area contributed by atoms with E-state index in [1.54, 1.807) is 14.0 Å². The van der Waals surface area contributed by atoms with Gasteiger partial charge in [0.1, 0.15) is 17.1 Å². The van der Waals surface area contributed by atoms with Crippen LogP contribution in [0.15, 0.2) is 6.07 Å².